The van der Waals surface area contributed by atoms with E-state index in [2.05, 4.69) is 41.8 Å². The molecule has 0 aliphatic carbocycles. The Morgan fingerprint density at radius 1 is 1.10 bits per heavy atom. The van der Waals surface area contributed by atoms with Gasteiger partial charge in [-0.1, -0.05) is 58.8 Å². The standard InChI is InChI=1S/C16H27BrFIN2/c1-4-6-8-9-10-12-16(3,11-7-5-2)21-14(17)13(18)15(19)20-21/h4-12H2,1-3H3. The Labute approximate surface area is 150 Å². The van der Waals surface area contributed by atoms with Crippen molar-refractivity contribution in [3.8, 4) is 0 Å². The van der Waals surface area contributed by atoms with Gasteiger partial charge in [0, 0.05) is 0 Å². The monoisotopic (exact) mass is 472 g/mol. The molecule has 0 saturated heterocycles. The number of hydrogen-bond donors (Lipinski definition) is 0. The van der Waals surface area contributed by atoms with Crippen LogP contribution in [0.25, 0.3) is 0 Å². The first-order valence-corrected chi connectivity index (χ1v) is 9.93. The highest BCUT2D eigenvalue weighted by atomic mass is 127. The van der Waals surface area contributed by atoms with Crippen LogP contribution >= 0.6 is 38.5 Å². The fourth-order valence-electron chi connectivity index (χ4n) is 2.72. The third-order valence-corrected chi connectivity index (χ3v) is 5.51. The van der Waals surface area contributed by atoms with Crippen molar-refractivity contribution in [3.05, 3.63) is 14.1 Å². The first-order valence-electron chi connectivity index (χ1n) is 8.06. The molecule has 1 heterocycles. The molecule has 21 heavy (non-hydrogen) atoms. The molecule has 1 aromatic heterocycles. The Bertz CT molecular complexity index is 436. The van der Waals surface area contributed by atoms with Gasteiger partial charge >= 0.3 is 0 Å². The number of halogens is 3. The Morgan fingerprint density at radius 2 is 1.67 bits per heavy atom. The number of rotatable bonds is 10. The molecule has 0 saturated carbocycles. The summed E-state index contributed by atoms with van der Waals surface area (Å²) in [6, 6.07) is 0. The number of unbranched alkanes of at least 4 members (excludes halogenated alkanes) is 5. The van der Waals surface area contributed by atoms with Gasteiger partial charge in [0.2, 0.25) is 0 Å². The van der Waals surface area contributed by atoms with E-state index in [4.69, 9.17) is 0 Å². The highest BCUT2D eigenvalue weighted by Gasteiger charge is 2.30. The van der Waals surface area contributed by atoms with Crippen molar-refractivity contribution in [1.29, 1.82) is 0 Å². The molecule has 1 atom stereocenters. The maximum atomic E-state index is 14.0. The van der Waals surface area contributed by atoms with Gasteiger partial charge in [0.25, 0.3) is 0 Å². The minimum Gasteiger partial charge on any atom is -0.248 e. The molecule has 0 aliphatic heterocycles. The molecular weight excluding hydrogens is 446 g/mol. The molecule has 0 bridgehead atoms. The van der Waals surface area contributed by atoms with Gasteiger partial charge < -0.3 is 0 Å². The van der Waals surface area contributed by atoms with Crippen LogP contribution in [0.15, 0.2) is 4.60 Å². The van der Waals surface area contributed by atoms with Crippen LogP contribution in [0.3, 0.4) is 0 Å². The second-order valence-corrected chi connectivity index (χ2v) is 7.85. The first kappa shape index (κ1) is 19.4. The van der Waals surface area contributed by atoms with Gasteiger partial charge in [-0.3, -0.25) is 0 Å². The topological polar surface area (TPSA) is 17.8 Å². The predicted molar refractivity (Wildman–Crippen MR) is 99.2 cm³/mol. The van der Waals surface area contributed by atoms with E-state index in [1.54, 1.807) is 0 Å². The van der Waals surface area contributed by atoms with Crippen LogP contribution in [0, 0.1) is 9.52 Å². The lowest BCUT2D eigenvalue weighted by molar-refractivity contribution is 0.223. The molecule has 1 rings (SSSR count). The second-order valence-electron chi connectivity index (χ2n) is 6.07. The summed E-state index contributed by atoms with van der Waals surface area (Å²) in [4.78, 5) is 0. The zero-order valence-corrected chi connectivity index (χ0v) is 17.1. The average Bonchev–Trinajstić information content (AvgIpc) is 2.73. The van der Waals surface area contributed by atoms with Crippen LogP contribution in [0.2, 0.25) is 0 Å². The Balaban J connectivity index is 2.79. The van der Waals surface area contributed by atoms with E-state index in [1.807, 2.05) is 27.3 Å². The normalized spacial score (nSPS) is 14.4. The fraction of sp³-hybridized carbons (Fsp3) is 0.812. The smallest absolute Gasteiger partial charge is 0.189 e. The lowest BCUT2D eigenvalue weighted by Crippen LogP contribution is -2.31. The van der Waals surface area contributed by atoms with E-state index in [1.165, 1.54) is 32.1 Å². The SMILES string of the molecule is CCCCCCCC(C)(CCCC)n1nc(I)c(F)c1Br. The molecule has 1 aromatic rings. The zero-order chi connectivity index (χ0) is 15.9. The average molecular weight is 473 g/mol. The number of hydrogen-bond acceptors (Lipinski definition) is 1. The van der Waals surface area contributed by atoms with Gasteiger partial charge in [-0.05, 0) is 58.3 Å². The maximum Gasteiger partial charge on any atom is 0.189 e. The predicted octanol–water partition coefficient (Wildman–Crippen LogP) is 6.66. The van der Waals surface area contributed by atoms with Crippen LogP contribution in [0.4, 0.5) is 4.39 Å². The summed E-state index contributed by atoms with van der Waals surface area (Å²) in [5.41, 5.74) is -0.0919. The summed E-state index contributed by atoms with van der Waals surface area (Å²) >= 11 is 5.35. The summed E-state index contributed by atoms with van der Waals surface area (Å²) in [6.45, 7) is 6.65. The van der Waals surface area contributed by atoms with Crippen LogP contribution in [-0.2, 0) is 5.54 Å². The van der Waals surface area contributed by atoms with E-state index in [0.29, 0.717) is 8.30 Å². The second kappa shape index (κ2) is 9.48. The van der Waals surface area contributed by atoms with E-state index in [-0.39, 0.29) is 11.4 Å². The molecule has 122 valence electrons. The largest absolute Gasteiger partial charge is 0.248 e. The molecule has 0 spiro atoms. The van der Waals surface area contributed by atoms with E-state index < -0.39 is 0 Å². The van der Waals surface area contributed by atoms with Gasteiger partial charge in [-0.15, -0.1) is 0 Å². The lowest BCUT2D eigenvalue weighted by Gasteiger charge is -2.31. The molecule has 0 radical (unpaired) electrons. The van der Waals surface area contributed by atoms with Gasteiger partial charge in [0.1, 0.15) is 4.60 Å². The summed E-state index contributed by atoms with van der Waals surface area (Å²) in [7, 11) is 0. The van der Waals surface area contributed by atoms with Crippen molar-refractivity contribution >= 4 is 38.5 Å². The Morgan fingerprint density at radius 3 is 2.19 bits per heavy atom. The van der Waals surface area contributed by atoms with Gasteiger partial charge in [-0.2, -0.15) is 5.10 Å². The van der Waals surface area contributed by atoms with Crippen LogP contribution in [0.1, 0.15) is 78.6 Å². The third-order valence-electron chi connectivity index (χ3n) is 4.14. The molecule has 0 fully saturated rings. The molecule has 2 nitrogen and oxygen atoms in total. The molecular formula is C16H27BrFIN2. The summed E-state index contributed by atoms with van der Waals surface area (Å²) in [5, 5.41) is 4.43. The first-order chi connectivity index (χ1) is 9.96. The van der Waals surface area contributed by atoms with Crippen molar-refractivity contribution < 1.29 is 4.39 Å². The summed E-state index contributed by atoms with van der Waals surface area (Å²) in [6.07, 6.45) is 10.7. The highest BCUT2D eigenvalue weighted by Crippen LogP contribution is 2.34. The minimum atomic E-state index is -0.232. The van der Waals surface area contributed by atoms with E-state index in [9.17, 15) is 4.39 Å². The van der Waals surface area contributed by atoms with E-state index >= 15 is 0 Å². The fourth-order valence-corrected chi connectivity index (χ4v) is 4.25. The molecule has 0 aliphatic rings. The van der Waals surface area contributed by atoms with Gasteiger partial charge in [-0.25, -0.2) is 9.07 Å². The third kappa shape index (κ3) is 5.48. The quantitative estimate of drug-likeness (QED) is 0.275. The van der Waals surface area contributed by atoms with Crippen LogP contribution in [0.5, 0.6) is 0 Å². The molecule has 5 heteroatoms. The van der Waals surface area contributed by atoms with Crippen LogP contribution in [-0.4, -0.2) is 9.78 Å². The highest BCUT2D eigenvalue weighted by molar-refractivity contribution is 14.1. The number of aromatic nitrogens is 2. The number of nitrogens with zero attached hydrogens (tertiary/aromatic N) is 2. The maximum absolute atomic E-state index is 14.0. The van der Waals surface area contributed by atoms with Crippen molar-refractivity contribution in [2.75, 3.05) is 0 Å². The Kier molecular flexibility index (Phi) is 8.76. The van der Waals surface area contributed by atoms with Crippen molar-refractivity contribution in [2.45, 2.75) is 84.1 Å². The lowest BCUT2D eigenvalue weighted by atomic mass is 9.88. The van der Waals surface area contributed by atoms with Crippen molar-refractivity contribution in [1.82, 2.24) is 9.78 Å². The summed E-state index contributed by atoms with van der Waals surface area (Å²) < 4.78 is 16.8. The Hall–Kier alpha value is 0.350. The van der Waals surface area contributed by atoms with Crippen molar-refractivity contribution in [3.63, 3.8) is 0 Å². The molecule has 0 N–H and O–H groups in total. The van der Waals surface area contributed by atoms with Gasteiger partial charge in [0.15, 0.2) is 9.52 Å². The van der Waals surface area contributed by atoms with E-state index in [0.717, 1.165) is 25.7 Å². The minimum absolute atomic E-state index is 0.0919. The molecule has 0 amide bonds. The van der Waals surface area contributed by atoms with Gasteiger partial charge in [0.05, 0.1) is 5.54 Å². The van der Waals surface area contributed by atoms with Crippen molar-refractivity contribution in [2.24, 2.45) is 0 Å². The summed E-state index contributed by atoms with van der Waals surface area (Å²) in [5.74, 6) is -0.232. The zero-order valence-electron chi connectivity index (χ0n) is 13.4. The molecule has 1 unspecified atom stereocenters. The van der Waals surface area contributed by atoms with Crippen LogP contribution < -0.4 is 0 Å². The molecule has 0 aromatic carbocycles.